The highest BCUT2D eigenvalue weighted by molar-refractivity contribution is 5.33. The number of aromatic nitrogens is 3. The Balaban J connectivity index is 2.81. The number of hydrogen-bond donors (Lipinski definition) is 3. The van der Waals surface area contributed by atoms with E-state index in [1.165, 1.54) is 0 Å². The van der Waals surface area contributed by atoms with E-state index in [1.807, 2.05) is 20.8 Å². The summed E-state index contributed by atoms with van der Waals surface area (Å²) in [5.41, 5.74) is 5.55. The molecule has 0 bridgehead atoms. The van der Waals surface area contributed by atoms with Crippen LogP contribution >= 0.6 is 0 Å². The number of nitrogens with one attached hydrogen (secondary N) is 1. The van der Waals surface area contributed by atoms with Gasteiger partial charge in [0.2, 0.25) is 11.9 Å². The molecule has 17 heavy (non-hydrogen) atoms. The largest absolute Gasteiger partial charge is 0.461 e. The molecule has 0 saturated heterocycles. The number of rotatable bonds is 6. The first-order valence-corrected chi connectivity index (χ1v) is 5.60. The van der Waals surface area contributed by atoms with Crippen molar-refractivity contribution in [1.82, 2.24) is 15.0 Å². The van der Waals surface area contributed by atoms with Crippen LogP contribution in [-0.4, -0.2) is 38.8 Å². The topological polar surface area (TPSA) is 106 Å². The average Bonchev–Trinajstić information content (AvgIpc) is 2.24. The molecule has 0 fully saturated rings. The molecule has 0 amide bonds. The number of nitrogens with zero attached hydrogens (tertiary/aromatic N) is 3. The Labute approximate surface area is 100 Å². The zero-order valence-electron chi connectivity index (χ0n) is 10.3. The van der Waals surface area contributed by atoms with E-state index in [-0.39, 0.29) is 30.7 Å². The zero-order valence-corrected chi connectivity index (χ0v) is 10.3. The lowest BCUT2D eigenvalue weighted by Crippen LogP contribution is -2.24. The summed E-state index contributed by atoms with van der Waals surface area (Å²) in [6.07, 6.45) is 0.715. The summed E-state index contributed by atoms with van der Waals surface area (Å²) in [5, 5.41) is 12.0. The van der Waals surface area contributed by atoms with Gasteiger partial charge in [-0.05, 0) is 20.3 Å². The summed E-state index contributed by atoms with van der Waals surface area (Å²) >= 11 is 0. The maximum Gasteiger partial charge on any atom is 0.323 e. The van der Waals surface area contributed by atoms with Crippen molar-refractivity contribution >= 4 is 11.9 Å². The summed E-state index contributed by atoms with van der Waals surface area (Å²) in [7, 11) is 0. The molecule has 0 aromatic carbocycles. The lowest BCUT2D eigenvalue weighted by Gasteiger charge is -2.15. The second-order valence-electron chi connectivity index (χ2n) is 3.90. The van der Waals surface area contributed by atoms with Crippen LogP contribution in [-0.2, 0) is 0 Å². The molecule has 4 N–H and O–H groups in total. The molecular weight excluding hydrogens is 222 g/mol. The predicted octanol–water partition coefficient (Wildman–Crippen LogP) is 0.424. The molecule has 1 rings (SSSR count). The first kappa shape index (κ1) is 13.4. The molecule has 0 aliphatic carbocycles. The lowest BCUT2D eigenvalue weighted by molar-refractivity contribution is 0.222. The highest BCUT2D eigenvalue weighted by atomic mass is 16.5. The van der Waals surface area contributed by atoms with E-state index in [1.54, 1.807) is 0 Å². The summed E-state index contributed by atoms with van der Waals surface area (Å²) in [6, 6.07) is 0.0755. The van der Waals surface area contributed by atoms with Gasteiger partial charge in [-0.3, -0.25) is 0 Å². The van der Waals surface area contributed by atoms with Crippen LogP contribution in [0.15, 0.2) is 0 Å². The van der Waals surface area contributed by atoms with E-state index in [0.29, 0.717) is 5.95 Å². The number of nitrogen functional groups attached to an aromatic ring is 1. The predicted molar refractivity (Wildman–Crippen MR) is 64.8 cm³/mol. The lowest BCUT2D eigenvalue weighted by atomic mass is 10.2. The SMILES string of the molecule is CCC(CO)Nc1nc(N)nc(OC(C)C)n1. The summed E-state index contributed by atoms with van der Waals surface area (Å²) < 4.78 is 5.34. The Morgan fingerprint density at radius 2 is 2.06 bits per heavy atom. The highest BCUT2D eigenvalue weighted by Gasteiger charge is 2.10. The Morgan fingerprint density at radius 3 is 2.59 bits per heavy atom. The number of hydrogen-bond acceptors (Lipinski definition) is 7. The maximum absolute atomic E-state index is 9.08. The Kier molecular flexibility index (Phi) is 4.89. The molecule has 7 nitrogen and oxygen atoms in total. The quantitative estimate of drug-likeness (QED) is 0.662. The fourth-order valence-electron chi connectivity index (χ4n) is 1.16. The molecule has 7 heteroatoms. The number of anilines is 2. The van der Waals surface area contributed by atoms with E-state index in [0.717, 1.165) is 6.42 Å². The van der Waals surface area contributed by atoms with Crippen LogP contribution in [0.5, 0.6) is 6.01 Å². The minimum Gasteiger partial charge on any atom is -0.461 e. The van der Waals surface area contributed by atoms with E-state index in [2.05, 4.69) is 20.3 Å². The van der Waals surface area contributed by atoms with Gasteiger partial charge in [-0.25, -0.2) is 0 Å². The minimum absolute atomic E-state index is 0.00244. The molecule has 1 aromatic rings. The van der Waals surface area contributed by atoms with Crippen LogP contribution in [0.25, 0.3) is 0 Å². The van der Waals surface area contributed by atoms with Gasteiger partial charge in [-0.15, -0.1) is 0 Å². The van der Waals surface area contributed by atoms with Crippen molar-refractivity contribution in [2.45, 2.75) is 39.3 Å². The fraction of sp³-hybridized carbons (Fsp3) is 0.700. The van der Waals surface area contributed by atoms with E-state index in [4.69, 9.17) is 15.6 Å². The number of nitrogens with two attached hydrogens (primary N) is 1. The van der Waals surface area contributed by atoms with E-state index < -0.39 is 0 Å². The number of aliphatic hydroxyl groups excluding tert-OH is 1. The van der Waals surface area contributed by atoms with Crippen LogP contribution in [0.2, 0.25) is 0 Å². The van der Waals surface area contributed by atoms with Gasteiger partial charge in [0.15, 0.2) is 0 Å². The summed E-state index contributed by atoms with van der Waals surface area (Å²) in [5.74, 6) is 0.403. The molecule has 0 saturated carbocycles. The zero-order chi connectivity index (χ0) is 12.8. The standard InChI is InChI=1S/C10H19N5O2/c1-4-7(5-16)12-9-13-8(11)14-10(15-9)17-6(2)3/h6-7,16H,4-5H2,1-3H3,(H3,11,12,13,14,15). The van der Waals surface area contributed by atoms with E-state index in [9.17, 15) is 0 Å². The Bertz CT molecular complexity index is 355. The molecule has 0 spiro atoms. The van der Waals surface area contributed by atoms with Crippen molar-refractivity contribution in [1.29, 1.82) is 0 Å². The Morgan fingerprint density at radius 1 is 1.35 bits per heavy atom. The minimum atomic E-state index is -0.108. The smallest absolute Gasteiger partial charge is 0.323 e. The third-order valence-corrected chi connectivity index (χ3v) is 2.02. The van der Waals surface area contributed by atoms with Crippen molar-refractivity contribution < 1.29 is 9.84 Å². The fourth-order valence-corrected chi connectivity index (χ4v) is 1.16. The van der Waals surface area contributed by atoms with Gasteiger partial charge < -0.3 is 20.9 Å². The molecule has 0 aliphatic rings. The summed E-state index contributed by atoms with van der Waals surface area (Å²) in [6.45, 7) is 5.69. The van der Waals surface area contributed by atoms with E-state index >= 15 is 0 Å². The second kappa shape index (κ2) is 6.19. The first-order chi connectivity index (χ1) is 8.05. The van der Waals surface area contributed by atoms with Crippen LogP contribution in [0.4, 0.5) is 11.9 Å². The molecule has 1 aromatic heterocycles. The van der Waals surface area contributed by atoms with Crippen LogP contribution in [0, 0.1) is 0 Å². The molecule has 1 heterocycles. The van der Waals surface area contributed by atoms with Crippen molar-refractivity contribution in [2.75, 3.05) is 17.7 Å². The highest BCUT2D eigenvalue weighted by Crippen LogP contribution is 2.11. The molecular formula is C10H19N5O2. The van der Waals surface area contributed by atoms with Crippen molar-refractivity contribution in [3.63, 3.8) is 0 Å². The van der Waals surface area contributed by atoms with Gasteiger partial charge in [0.1, 0.15) is 0 Å². The van der Waals surface area contributed by atoms with Crippen LogP contribution < -0.4 is 15.8 Å². The van der Waals surface area contributed by atoms with Crippen molar-refractivity contribution in [2.24, 2.45) is 0 Å². The molecule has 0 aliphatic heterocycles. The molecule has 96 valence electrons. The number of aliphatic hydroxyl groups is 1. The average molecular weight is 241 g/mol. The third kappa shape index (κ3) is 4.39. The molecule has 1 unspecified atom stereocenters. The second-order valence-corrected chi connectivity index (χ2v) is 3.90. The van der Waals surface area contributed by atoms with Gasteiger partial charge in [0.25, 0.3) is 0 Å². The van der Waals surface area contributed by atoms with Gasteiger partial charge in [-0.1, -0.05) is 6.92 Å². The van der Waals surface area contributed by atoms with Crippen LogP contribution in [0.1, 0.15) is 27.2 Å². The van der Waals surface area contributed by atoms with Crippen molar-refractivity contribution in [3.05, 3.63) is 0 Å². The summed E-state index contributed by atoms with van der Waals surface area (Å²) in [4.78, 5) is 11.9. The van der Waals surface area contributed by atoms with Gasteiger partial charge in [0.05, 0.1) is 18.8 Å². The van der Waals surface area contributed by atoms with Gasteiger partial charge in [-0.2, -0.15) is 15.0 Å². The number of ether oxygens (including phenoxy) is 1. The monoisotopic (exact) mass is 241 g/mol. The molecule has 1 atom stereocenters. The van der Waals surface area contributed by atoms with Crippen LogP contribution in [0.3, 0.4) is 0 Å². The van der Waals surface area contributed by atoms with Gasteiger partial charge in [0, 0.05) is 0 Å². The van der Waals surface area contributed by atoms with Gasteiger partial charge >= 0.3 is 6.01 Å². The maximum atomic E-state index is 9.08. The first-order valence-electron chi connectivity index (χ1n) is 5.60. The molecule has 0 radical (unpaired) electrons. The normalized spacial score (nSPS) is 12.5. The van der Waals surface area contributed by atoms with Crippen molar-refractivity contribution in [3.8, 4) is 6.01 Å². The third-order valence-electron chi connectivity index (χ3n) is 2.02. The Hall–Kier alpha value is -1.63.